The fraction of sp³-hybridized carbons (Fsp3) is 1.00. The van der Waals surface area contributed by atoms with Gasteiger partial charge in [-0.15, -0.1) is 0 Å². The third-order valence-corrected chi connectivity index (χ3v) is 3.99. The minimum absolute atomic E-state index is 0.0696. The van der Waals surface area contributed by atoms with Crippen molar-refractivity contribution in [2.24, 2.45) is 11.1 Å². The Labute approximate surface area is 106 Å². The predicted octanol–water partition coefficient (Wildman–Crippen LogP) is 2.73. The first-order valence-corrected chi connectivity index (χ1v) is 6.83. The topological polar surface area (TPSA) is 44.5 Å². The average Bonchev–Trinajstić information content (AvgIpc) is 2.28. The van der Waals surface area contributed by atoms with Gasteiger partial charge in [0.15, 0.2) is 0 Å². The van der Waals surface area contributed by atoms with Crippen LogP contribution in [-0.2, 0) is 9.47 Å². The van der Waals surface area contributed by atoms with Crippen LogP contribution >= 0.6 is 0 Å². The summed E-state index contributed by atoms with van der Waals surface area (Å²) < 4.78 is 10.4. The molecule has 1 rings (SSSR count). The molecule has 0 aliphatic heterocycles. The molecule has 0 aromatic heterocycles. The lowest BCUT2D eigenvalue weighted by atomic mass is 9.68. The summed E-state index contributed by atoms with van der Waals surface area (Å²) in [5.41, 5.74) is 7.01. The van der Waals surface area contributed by atoms with Crippen LogP contribution in [0.5, 0.6) is 0 Å². The third-order valence-electron chi connectivity index (χ3n) is 3.99. The SMILES string of the molecule is COCCOCCCC1(N)CCC(C)(C)CC1. The second-order valence-electron chi connectivity index (χ2n) is 6.24. The molecule has 0 heterocycles. The summed E-state index contributed by atoms with van der Waals surface area (Å²) in [6.45, 7) is 6.88. The molecule has 0 atom stereocenters. The predicted molar refractivity (Wildman–Crippen MR) is 71.1 cm³/mol. The van der Waals surface area contributed by atoms with Crippen LogP contribution in [0.1, 0.15) is 52.4 Å². The summed E-state index contributed by atoms with van der Waals surface area (Å²) >= 11 is 0. The van der Waals surface area contributed by atoms with E-state index in [0.29, 0.717) is 18.6 Å². The molecule has 1 aliphatic rings. The molecular weight excluding hydrogens is 214 g/mol. The maximum Gasteiger partial charge on any atom is 0.0700 e. The molecule has 1 fully saturated rings. The molecule has 0 saturated heterocycles. The van der Waals surface area contributed by atoms with Gasteiger partial charge < -0.3 is 15.2 Å². The number of ether oxygens (including phenoxy) is 2. The van der Waals surface area contributed by atoms with Gasteiger partial charge in [0.1, 0.15) is 0 Å². The first-order chi connectivity index (χ1) is 7.97. The zero-order chi connectivity index (χ0) is 12.8. The molecule has 102 valence electrons. The van der Waals surface area contributed by atoms with Gasteiger partial charge in [-0.1, -0.05) is 13.8 Å². The Hall–Kier alpha value is -0.120. The zero-order valence-electron chi connectivity index (χ0n) is 11.8. The summed E-state index contributed by atoms with van der Waals surface area (Å²) in [4.78, 5) is 0. The monoisotopic (exact) mass is 243 g/mol. The van der Waals surface area contributed by atoms with E-state index in [1.54, 1.807) is 7.11 Å². The standard InChI is InChI=1S/C14H29NO2/c1-13(2)6-8-14(15,9-7-13)5-4-10-17-12-11-16-3/h4-12,15H2,1-3H3. The Morgan fingerprint density at radius 2 is 1.65 bits per heavy atom. The van der Waals surface area contributed by atoms with Gasteiger partial charge >= 0.3 is 0 Å². The van der Waals surface area contributed by atoms with E-state index in [4.69, 9.17) is 15.2 Å². The van der Waals surface area contributed by atoms with Crippen LogP contribution in [0.3, 0.4) is 0 Å². The van der Waals surface area contributed by atoms with E-state index in [1.165, 1.54) is 12.8 Å². The van der Waals surface area contributed by atoms with Crippen LogP contribution < -0.4 is 5.73 Å². The molecule has 1 aliphatic carbocycles. The molecule has 0 bridgehead atoms. The first kappa shape index (κ1) is 14.9. The van der Waals surface area contributed by atoms with E-state index in [-0.39, 0.29) is 5.54 Å². The largest absolute Gasteiger partial charge is 0.382 e. The summed E-state index contributed by atoms with van der Waals surface area (Å²) in [6, 6.07) is 0. The van der Waals surface area contributed by atoms with Crippen molar-refractivity contribution >= 4 is 0 Å². The van der Waals surface area contributed by atoms with Crippen molar-refractivity contribution in [2.75, 3.05) is 26.9 Å². The van der Waals surface area contributed by atoms with Gasteiger partial charge in [-0.25, -0.2) is 0 Å². The van der Waals surface area contributed by atoms with Gasteiger partial charge in [0.05, 0.1) is 13.2 Å². The van der Waals surface area contributed by atoms with Crippen molar-refractivity contribution < 1.29 is 9.47 Å². The van der Waals surface area contributed by atoms with Gasteiger partial charge in [-0.05, 0) is 43.9 Å². The number of methoxy groups -OCH3 is 1. The Bertz CT molecular complexity index is 206. The Morgan fingerprint density at radius 3 is 2.24 bits per heavy atom. The van der Waals surface area contributed by atoms with Crippen molar-refractivity contribution in [3.8, 4) is 0 Å². The maximum atomic E-state index is 6.44. The highest BCUT2D eigenvalue weighted by atomic mass is 16.5. The van der Waals surface area contributed by atoms with Crippen LogP contribution in [0.25, 0.3) is 0 Å². The molecule has 0 spiro atoms. The minimum atomic E-state index is 0.0696. The minimum Gasteiger partial charge on any atom is -0.382 e. The molecule has 3 nitrogen and oxygen atoms in total. The van der Waals surface area contributed by atoms with Crippen LogP contribution in [0.15, 0.2) is 0 Å². The summed E-state index contributed by atoms with van der Waals surface area (Å²) in [5, 5.41) is 0. The molecule has 0 aromatic rings. The normalized spacial score (nSPS) is 22.6. The Balaban J connectivity index is 2.10. The van der Waals surface area contributed by atoms with E-state index in [1.807, 2.05) is 0 Å². The quantitative estimate of drug-likeness (QED) is 0.699. The highest BCUT2D eigenvalue weighted by Gasteiger charge is 2.34. The van der Waals surface area contributed by atoms with Crippen molar-refractivity contribution in [1.82, 2.24) is 0 Å². The van der Waals surface area contributed by atoms with Gasteiger partial charge in [0, 0.05) is 19.3 Å². The van der Waals surface area contributed by atoms with E-state index in [2.05, 4.69) is 13.8 Å². The second kappa shape index (κ2) is 6.72. The lowest BCUT2D eigenvalue weighted by Crippen LogP contribution is -2.45. The molecule has 17 heavy (non-hydrogen) atoms. The smallest absolute Gasteiger partial charge is 0.0700 e. The van der Waals surface area contributed by atoms with Gasteiger partial charge in [-0.2, -0.15) is 0 Å². The zero-order valence-corrected chi connectivity index (χ0v) is 11.8. The highest BCUT2D eigenvalue weighted by Crippen LogP contribution is 2.40. The van der Waals surface area contributed by atoms with Crippen molar-refractivity contribution in [3.05, 3.63) is 0 Å². The van der Waals surface area contributed by atoms with Crippen molar-refractivity contribution in [1.29, 1.82) is 0 Å². The van der Waals surface area contributed by atoms with Crippen molar-refractivity contribution in [3.63, 3.8) is 0 Å². The summed E-state index contributed by atoms with van der Waals surface area (Å²) in [6.07, 6.45) is 7.01. The lowest BCUT2D eigenvalue weighted by Gasteiger charge is -2.41. The third kappa shape index (κ3) is 5.84. The van der Waals surface area contributed by atoms with E-state index < -0.39 is 0 Å². The number of rotatable bonds is 7. The average molecular weight is 243 g/mol. The molecule has 0 radical (unpaired) electrons. The van der Waals surface area contributed by atoms with Crippen LogP contribution in [0, 0.1) is 5.41 Å². The Kier molecular flexibility index (Phi) is 5.90. The maximum absolute atomic E-state index is 6.44. The second-order valence-corrected chi connectivity index (χ2v) is 6.24. The lowest BCUT2D eigenvalue weighted by molar-refractivity contribution is 0.0631. The molecule has 0 amide bonds. The summed E-state index contributed by atoms with van der Waals surface area (Å²) in [5.74, 6) is 0. The van der Waals surface area contributed by atoms with Crippen LogP contribution in [-0.4, -0.2) is 32.5 Å². The highest BCUT2D eigenvalue weighted by molar-refractivity contribution is 4.92. The van der Waals surface area contributed by atoms with E-state index in [9.17, 15) is 0 Å². The molecule has 1 saturated carbocycles. The van der Waals surface area contributed by atoms with Gasteiger partial charge in [0.25, 0.3) is 0 Å². The molecule has 3 heteroatoms. The summed E-state index contributed by atoms with van der Waals surface area (Å²) in [7, 11) is 1.70. The molecule has 0 unspecified atom stereocenters. The number of hydrogen-bond donors (Lipinski definition) is 1. The van der Waals surface area contributed by atoms with Gasteiger partial charge in [-0.3, -0.25) is 0 Å². The van der Waals surface area contributed by atoms with Crippen molar-refractivity contribution in [2.45, 2.75) is 57.9 Å². The first-order valence-electron chi connectivity index (χ1n) is 6.83. The van der Waals surface area contributed by atoms with E-state index in [0.717, 1.165) is 32.3 Å². The van der Waals surface area contributed by atoms with Gasteiger partial charge in [0.2, 0.25) is 0 Å². The number of hydrogen-bond acceptors (Lipinski definition) is 3. The molecule has 2 N–H and O–H groups in total. The van der Waals surface area contributed by atoms with Crippen LogP contribution in [0.4, 0.5) is 0 Å². The molecule has 0 aromatic carbocycles. The van der Waals surface area contributed by atoms with E-state index >= 15 is 0 Å². The molecular formula is C14H29NO2. The number of nitrogens with two attached hydrogens (primary N) is 1. The van der Waals surface area contributed by atoms with Crippen LogP contribution in [0.2, 0.25) is 0 Å². The Morgan fingerprint density at radius 1 is 1.00 bits per heavy atom. The fourth-order valence-electron chi connectivity index (χ4n) is 2.45. The fourth-order valence-corrected chi connectivity index (χ4v) is 2.45.